The molecular weight excluding hydrogens is 331 g/mol. The molecule has 3 rings (SSSR count). The lowest BCUT2D eigenvalue weighted by Gasteiger charge is -2.08. The van der Waals surface area contributed by atoms with Gasteiger partial charge in [-0.15, -0.1) is 0 Å². The molecule has 3 aromatic rings. The molecule has 2 heterocycles. The first kappa shape index (κ1) is 16.8. The topological polar surface area (TPSA) is 50.3 Å². The number of fused-ring (bicyclic) bond motifs is 1. The van der Waals surface area contributed by atoms with Crippen molar-refractivity contribution in [1.29, 1.82) is 5.26 Å². The van der Waals surface area contributed by atoms with E-state index in [0.717, 1.165) is 12.3 Å². The van der Waals surface area contributed by atoms with E-state index in [0.29, 0.717) is 35.0 Å². The highest BCUT2D eigenvalue weighted by molar-refractivity contribution is 5.67. The van der Waals surface area contributed by atoms with Crippen molar-refractivity contribution in [3.8, 4) is 23.1 Å². The normalized spacial score (nSPS) is 11.5. The summed E-state index contributed by atoms with van der Waals surface area (Å²) in [7, 11) is 0. The second kappa shape index (κ2) is 6.48. The van der Waals surface area contributed by atoms with Gasteiger partial charge in [0.05, 0.1) is 36.0 Å². The Balaban J connectivity index is 2.14. The van der Waals surface area contributed by atoms with Gasteiger partial charge in [-0.05, 0) is 43.3 Å². The van der Waals surface area contributed by atoms with Crippen molar-refractivity contribution in [3.63, 3.8) is 0 Å². The van der Waals surface area contributed by atoms with E-state index in [1.807, 2.05) is 13.0 Å². The van der Waals surface area contributed by atoms with Gasteiger partial charge in [-0.3, -0.25) is 0 Å². The van der Waals surface area contributed by atoms with Gasteiger partial charge in [0.25, 0.3) is 0 Å². The fourth-order valence-electron chi connectivity index (χ4n) is 2.61. The van der Waals surface area contributed by atoms with Crippen molar-refractivity contribution in [2.24, 2.45) is 0 Å². The van der Waals surface area contributed by atoms with Crippen LogP contribution in [0.5, 0.6) is 5.75 Å². The number of nitriles is 1. The van der Waals surface area contributed by atoms with Crippen LogP contribution < -0.4 is 4.74 Å². The van der Waals surface area contributed by atoms with E-state index in [1.165, 1.54) is 10.5 Å². The zero-order valence-electron chi connectivity index (χ0n) is 13.3. The molecule has 0 amide bonds. The quantitative estimate of drug-likeness (QED) is 0.700. The van der Waals surface area contributed by atoms with Gasteiger partial charge in [-0.1, -0.05) is 0 Å². The van der Waals surface area contributed by atoms with Crippen LogP contribution in [-0.4, -0.2) is 16.0 Å². The van der Waals surface area contributed by atoms with Gasteiger partial charge in [-0.25, -0.2) is 4.98 Å². The molecule has 25 heavy (non-hydrogen) atoms. The van der Waals surface area contributed by atoms with Crippen LogP contribution in [0.15, 0.2) is 42.6 Å². The van der Waals surface area contributed by atoms with E-state index >= 15 is 0 Å². The second-order valence-electron chi connectivity index (χ2n) is 5.34. The van der Waals surface area contributed by atoms with Crippen LogP contribution in [-0.2, 0) is 12.6 Å². The monoisotopic (exact) mass is 345 g/mol. The number of halogens is 3. The molecule has 0 aliphatic rings. The van der Waals surface area contributed by atoms with E-state index in [1.54, 1.807) is 24.3 Å². The number of aromatic nitrogens is 2. The maximum Gasteiger partial charge on any atom is 0.417 e. The number of imidazole rings is 1. The van der Waals surface area contributed by atoms with Gasteiger partial charge in [0.15, 0.2) is 0 Å². The van der Waals surface area contributed by atoms with Crippen LogP contribution in [0.1, 0.15) is 18.2 Å². The minimum atomic E-state index is -4.46. The third kappa shape index (κ3) is 3.29. The molecule has 0 bridgehead atoms. The summed E-state index contributed by atoms with van der Waals surface area (Å²) in [5.41, 5.74) is 1.21. The minimum Gasteiger partial charge on any atom is -0.494 e. The van der Waals surface area contributed by atoms with E-state index < -0.39 is 11.7 Å². The van der Waals surface area contributed by atoms with Crippen molar-refractivity contribution >= 4 is 5.65 Å². The van der Waals surface area contributed by atoms with Gasteiger partial charge in [-0.2, -0.15) is 18.4 Å². The summed E-state index contributed by atoms with van der Waals surface area (Å²) in [6.45, 7) is 2.41. The predicted octanol–water partition coefficient (Wildman–Crippen LogP) is 4.48. The number of hydrogen-bond acceptors (Lipinski definition) is 3. The third-order valence-corrected chi connectivity index (χ3v) is 3.73. The second-order valence-corrected chi connectivity index (χ2v) is 5.34. The zero-order chi connectivity index (χ0) is 18.0. The molecule has 128 valence electrons. The molecule has 2 aromatic heterocycles. The zero-order valence-corrected chi connectivity index (χ0v) is 13.3. The maximum atomic E-state index is 13.0. The number of rotatable bonds is 4. The molecule has 0 aliphatic carbocycles. The summed E-state index contributed by atoms with van der Waals surface area (Å²) in [6.07, 6.45) is -3.53. The number of pyridine rings is 1. The molecule has 7 heteroatoms. The van der Waals surface area contributed by atoms with E-state index in [9.17, 15) is 13.2 Å². The number of nitrogens with zero attached hydrogens (tertiary/aromatic N) is 3. The maximum absolute atomic E-state index is 13.0. The van der Waals surface area contributed by atoms with Gasteiger partial charge in [0, 0.05) is 11.8 Å². The lowest BCUT2D eigenvalue weighted by molar-refractivity contribution is -0.137. The molecular formula is C18H14F3N3O. The summed E-state index contributed by atoms with van der Waals surface area (Å²) in [4.78, 5) is 4.40. The molecule has 1 aromatic carbocycles. The molecule has 0 saturated heterocycles. The molecule has 0 spiro atoms. The minimum absolute atomic E-state index is 0.0506. The Morgan fingerprint density at radius 2 is 1.88 bits per heavy atom. The van der Waals surface area contributed by atoms with E-state index in [-0.39, 0.29) is 6.42 Å². The van der Waals surface area contributed by atoms with E-state index in [2.05, 4.69) is 4.98 Å². The average molecular weight is 345 g/mol. The van der Waals surface area contributed by atoms with Gasteiger partial charge in [0.2, 0.25) is 0 Å². The Morgan fingerprint density at radius 3 is 2.48 bits per heavy atom. The van der Waals surface area contributed by atoms with Crippen molar-refractivity contribution < 1.29 is 17.9 Å². The highest BCUT2D eigenvalue weighted by Gasteiger charge is 2.31. The molecule has 0 saturated carbocycles. The average Bonchev–Trinajstić information content (AvgIpc) is 2.93. The standard InChI is InChI=1S/C18H14F3N3O/c1-2-25-14-6-3-12(4-7-14)17-15(9-10-22)24-11-13(18(19,20)21)5-8-16(24)23-17/h3-8,11H,2,9H2,1H3. The Bertz CT molecular complexity index is 937. The Labute approximate surface area is 142 Å². The fraction of sp³-hybridized carbons (Fsp3) is 0.222. The number of ether oxygens (including phenoxy) is 1. The number of benzene rings is 1. The fourth-order valence-corrected chi connectivity index (χ4v) is 2.61. The largest absolute Gasteiger partial charge is 0.494 e. The Morgan fingerprint density at radius 1 is 1.16 bits per heavy atom. The smallest absolute Gasteiger partial charge is 0.417 e. The lowest BCUT2D eigenvalue weighted by atomic mass is 10.1. The predicted molar refractivity (Wildman–Crippen MR) is 86.1 cm³/mol. The summed E-state index contributed by atoms with van der Waals surface area (Å²) >= 11 is 0. The highest BCUT2D eigenvalue weighted by atomic mass is 19.4. The highest BCUT2D eigenvalue weighted by Crippen LogP contribution is 2.32. The molecule has 0 aliphatic heterocycles. The summed E-state index contributed by atoms with van der Waals surface area (Å²) in [5, 5.41) is 9.08. The SMILES string of the molecule is CCOc1ccc(-c2nc3ccc(C(F)(F)F)cn3c2CC#N)cc1. The van der Waals surface area contributed by atoms with Gasteiger partial charge in [0.1, 0.15) is 11.4 Å². The van der Waals surface area contributed by atoms with Crippen molar-refractivity contribution in [3.05, 3.63) is 53.9 Å². The summed E-state index contributed by atoms with van der Waals surface area (Å²) in [6, 6.07) is 11.4. The third-order valence-electron chi connectivity index (χ3n) is 3.73. The Hall–Kier alpha value is -3.01. The van der Waals surface area contributed by atoms with Crippen LogP contribution in [0, 0.1) is 11.3 Å². The number of hydrogen-bond donors (Lipinski definition) is 0. The first-order valence-electron chi connectivity index (χ1n) is 7.62. The molecule has 0 atom stereocenters. The van der Waals surface area contributed by atoms with Crippen LogP contribution in [0.2, 0.25) is 0 Å². The molecule has 0 unspecified atom stereocenters. The summed E-state index contributed by atoms with van der Waals surface area (Å²) in [5.74, 6) is 0.691. The lowest BCUT2D eigenvalue weighted by Crippen LogP contribution is -2.07. The first-order chi connectivity index (χ1) is 11.9. The first-order valence-corrected chi connectivity index (χ1v) is 7.62. The molecule has 4 nitrogen and oxygen atoms in total. The van der Waals surface area contributed by atoms with Crippen molar-refractivity contribution in [1.82, 2.24) is 9.38 Å². The Kier molecular flexibility index (Phi) is 4.36. The van der Waals surface area contributed by atoms with Crippen LogP contribution >= 0.6 is 0 Å². The number of alkyl halides is 3. The van der Waals surface area contributed by atoms with Crippen LogP contribution in [0.25, 0.3) is 16.9 Å². The summed E-state index contributed by atoms with van der Waals surface area (Å²) < 4.78 is 45.6. The van der Waals surface area contributed by atoms with Gasteiger partial charge < -0.3 is 9.14 Å². The van der Waals surface area contributed by atoms with Gasteiger partial charge >= 0.3 is 6.18 Å². The molecule has 0 N–H and O–H groups in total. The van der Waals surface area contributed by atoms with E-state index in [4.69, 9.17) is 10.00 Å². The van der Waals surface area contributed by atoms with Crippen LogP contribution in [0.4, 0.5) is 13.2 Å². The molecule has 0 radical (unpaired) electrons. The van der Waals surface area contributed by atoms with Crippen molar-refractivity contribution in [2.45, 2.75) is 19.5 Å². The van der Waals surface area contributed by atoms with Crippen LogP contribution in [0.3, 0.4) is 0 Å². The van der Waals surface area contributed by atoms with Crippen molar-refractivity contribution in [2.75, 3.05) is 6.61 Å². The molecule has 0 fully saturated rings.